The van der Waals surface area contributed by atoms with Crippen LogP contribution in [0.3, 0.4) is 0 Å². The van der Waals surface area contributed by atoms with Crippen molar-refractivity contribution < 1.29 is 4.43 Å². The van der Waals surface area contributed by atoms with E-state index in [-0.39, 0.29) is 0 Å². The lowest BCUT2D eigenvalue weighted by Crippen LogP contribution is -2.26. The maximum atomic E-state index is 5.84. The Morgan fingerprint density at radius 1 is 1.21 bits per heavy atom. The Hall–Kier alpha value is -0.123. The summed E-state index contributed by atoms with van der Waals surface area (Å²) in [6, 6.07) is 10.4. The molecule has 1 nitrogen and oxygen atoms in total. The van der Waals surface area contributed by atoms with Crippen molar-refractivity contribution in [3.8, 4) is 0 Å². The first kappa shape index (κ1) is 11.9. The zero-order chi connectivity index (χ0) is 10.6. The van der Waals surface area contributed by atoms with E-state index < -0.39 is 8.32 Å². The Morgan fingerprint density at radius 2 is 1.79 bits per heavy atom. The molecule has 0 radical (unpaired) electrons. The molecule has 0 aromatic heterocycles. The number of halogens is 1. The molecule has 78 valence electrons. The van der Waals surface area contributed by atoms with E-state index in [9.17, 15) is 0 Å². The molecule has 14 heavy (non-hydrogen) atoms. The lowest BCUT2D eigenvalue weighted by molar-refractivity contribution is 0.314. The first-order valence-electron chi connectivity index (χ1n) is 4.82. The molecule has 1 aromatic rings. The molecule has 0 saturated carbocycles. The van der Waals surface area contributed by atoms with Crippen LogP contribution in [0.2, 0.25) is 19.6 Å². The molecule has 0 aliphatic carbocycles. The van der Waals surface area contributed by atoms with Gasteiger partial charge in [-0.15, -0.1) is 0 Å². The zero-order valence-corrected chi connectivity index (χ0v) is 11.5. The van der Waals surface area contributed by atoms with Gasteiger partial charge in [-0.3, -0.25) is 0 Å². The molecule has 0 heterocycles. The van der Waals surface area contributed by atoms with Gasteiger partial charge in [-0.25, -0.2) is 0 Å². The smallest absolute Gasteiger partial charge is 0.183 e. The van der Waals surface area contributed by atoms with Crippen molar-refractivity contribution in [2.24, 2.45) is 0 Å². The summed E-state index contributed by atoms with van der Waals surface area (Å²) >= 11 is 3.64. The van der Waals surface area contributed by atoms with Crippen molar-refractivity contribution in [1.29, 1.82) is 0 Å². The molecule has 0 aliphatic heterocycles. The van der Waals surface area contributed by atoms with Gasteiger partial charge in [0.2, 0.25) is 0 Å². The second-order valence-corrected chi connectivity index (χ2v) is 9.92. The van der Waals surface area contributed by atoms with Crippen LogP contribution in [0.5, 0.6) is 0 Å². The van der Waals surface area contributed by atoms with Gasteiger partial charge in [0.15, 0.2) is 8.32 Å². The molecule has 0 saturated heterocycles. The molecule has 0 N–H and O–H groups in total. The molecule has 0 fully saturated rings. The van der Waals surface area contributed by atoms with Crippen LogP contribution in [-0.4, -0.2) is 14.9 Å². The average Bonchev–Trinajstić information content (AvgIpc) is 2.14. The van der Waals surface area contributed by atoms with Gasteiger partial charge < -0.3 is 4.43 Å². The second-order valence-electron chi connectivity index (χ2n) is 4.30. The van der Waals surface area contributed by atoms with Gasteiger partial charge in [-0.1, -0.05) is 46.3 Å². The largest absolute Gasteiger partial charge is 0.416 e. The van der Waals surface area contributed by atoms with Gasteiger partial charge in [-0.2, -0.15) is 0 Å². The Kier molecular flexibility index (Phi) is 4.35. The van der Waals surface area contributed by atoms with E-state index in [0.29, 0.717) is 4.83 Å². The quantitative estimate of drug-likeness (QED) is 0.595. The molecule has 1 aromatic carbocycles. The first-order chi connectivity index (χ1) is 6.49. The van der Waals surface area contributed by atoms with E-state index in [4.69, 9.17) is 4.43 Å². The Bertz CT molecular complexity index is 268. The van der Waals surface area contributed by atoms with Crippen molar-refractivity contribution >= 4 is 24.2 Å². The van der Waals surface area contributed by atoms with Gasteiger partial charge in [0.1, 0.15) is 0 Å². The van der Waals surface area contributed by atoms with E-state index >= 15 is 0 Å². The summed E-state index contributed by atoms with van der Waals surface area (Å²) in [6.45, 7) is 7.38. The lowest BCUT2D eigenvalue weighted by atomic mass is 10.2. The molecule has 0 spiro atoms. The number of hydrogen-bond acceptors (Lipinski definition) is 1. The van der Waals surface area contributed by atoms with Crippen LogP contribution >= 0.6 is 15.9 Å². The molecule has 0 bridgehead atoms. The SMILES string of the molecule is C[Si](C)(C)OCC(Br)c1ccccc1. The van der Waals surface area contributed by atoms with E-state index in [1.54, 1.807) is 0 Å². The Morgan fingerprint density at radius 3 is 2.29 bits per heavy atom. The highest BCUT2D eigenvalue weighted by molar-refractivity contribution is 9.09. The highest BCUT2D eigenvalue weighted by atomic mass is 79.9. The summed E-state index contributed by atoms with van der Waals surface area (Å²) in [4.78, 5) is 0.315. The van der Waals surface area contributed by atoms with Gasteiger partial charge in [0.25, 0.3) is 0 Å². The Balaban J connectivity index is 2.48. The minimum Gasteiger partial charge on any atom is -0.416 e. The number of alkyl halides is 1. The standard InChI is InChI=1S/C11H17BrOSi/c1-14(2,3)13-9-11(12)10-7-5-4-6-8-10/h4-8,11H,9H2,1-3H3. The van der Waals surface area contributed by atoms with E-state index in [1.807, 2.05) is 6.07 Å². The maximum absolute atomic E-state index is 5.84. The van der Waals surface area contributed by atoms with Crippen molar-refractivity contribution in [2.45, 2.75) is 24.5 Å². The molecule has 1 rings (SSSR count). The third-order valence-corrected chi connectivity index (χ3v) is 3.65. The third kappa shape index (κ3) is 4.40. The van der Waals surface area contributed by atoms with E-state index in [1.165, 1.54) is 5.56 Å². The zero-order valence-electron chi connectivity index (χ0n) is 8.96. The second kappa shape index (κ2) is 5.10. The fourth-order valence-electron chi connectivity index (χ4n) is 1.08. The predicted molar refractivity (Wildman–Crippen MR) is 67.4 cm³/mol. The minimum atomic E-state index is -1.38. The van der Waals surface area contributed by atoms with Gasteiger partial charge in [0.05, 0.1) is 11.4 Å². The third-order valence-electron chi connectivity index (χ3n) is 1.82. The molecule has 3 heteroatoms. The van der Waals surface area contributed by atoms with Crippen LogP contribution in [0.25, 0.3) is 0 Å². The van der Waals surface area contributed by atoms with Crippen molar-refractivity contribution in [2.75, 3.05) is 6.61 Å². The average molecular weight is 273 g/mol. The molecule has 1 atom stereocenters. The first-order valence-corrected chi connectivity index (χ1v) is 9.14. The molecule has 1 unspecified atom stereocenters. The molecular weight excluding hydrogens is 256 g/mol. The lowest BCUT2D eigenvalue weighted by Gasteiger charge is -2.20. The summed E-state index contributed by atoms with van der Waals surface area (Å²) in [5, 5.41) is 0. The Labute approximate surface area is 95.7 Å². The van der Waals surface area contributed by atoms with Crippen molar-refractivity contribution in [1.82, 2.24) is 0 Å². The van der Waals surface area contributed by atoms with Crippen LogP contribution in [0.1, 0.15) is 10.4 Å². The van der Waals surface area contributed by atoms with Gasteiger partial charge in [0, 0.05) is 0 Å². The number of rotatable bonds is 4. The summed E-state index contributed by atoms with van der Waals surface area (Å²) in [5.74, 6) is 0. The molecule has 0 aliphatic rings. The fourth-order valence-corrected chi connectivity index (χ4v) is 2.43. The van der Waals surface area contributed by atoms with Crippen LogP contribution in [-0.2, 0) is 4.43 Å². The predicted octanol–water partition coefficient (Wildman–Crippen LogP) is 3.97. The molecule has 0 amide bonds. The minimum absolute atomic E-state index is 0.315. The van der Waals surface area contributed by atoms with Crippen LogP contribution in [0.4, 0.5) is 0 Å². The molecular formula is C11H17BrOSi. The highest BCUT2D eigenvalue weighted by Gasteiger charge is 2.16. The normalized spacial score (nSPS) is 14.0. The number of hydrogen-bond donors (Lipinski definition) is 0. The fraction of sp³-hybridized carbons (Fsp3) is 0.455. The van der Waals surface area contributed by atoms with Crippen LogP contribution < -0.4 is 0 Å². The topological polar surface area (TPSA) is 9.23 Å². The van der Waals surface area contributed by atoms with Crippen molar-refractivity contribution in [3.63, 3.8) is 0 Å². The van der Waals surface area contributed by atoms with Crippen molar-refractivity contribution in [3.05, 3.63) is 35.9 Å². The van der Waals surface area contributed by atoms with Crippen LogP contribution in [0.15, 0.2) is 30.3 Å². The maximum Gasteiger partial charge on any atom is 0.183 e. The highest BCUT2D eigenvalue weighted by Crippen LogP contribution is 2.23. The van der Waals surface area contributed by atoms with E-state index in [2.05, 4.69) is 59.8 Å². The summed E-state index contributed by atoms with van der Waals surface area (Å²) in [6.07, 6.45) is 0. The summed E-state index contributed by atoms with van der Waals surface area (Å²) in [7, 11) is -1.38. The summed E-state index contributed by atoms with van der Waals surface area (Å²) in [5.41, 5.74) is 1.28. The summed E-state index contributed by atoms with van der Waals surface area (Å²) < 4.78 is 5.84. The van der Waals surface area contributed by atoms with Gasteiger partial charge >= 0.3 is 0 Å². The van der Waals surface area contributed by atoms with Crippen LogP contribution in [0, 0.1) is 0 Å². The van der Waals surface area contributed by atoms with E-state index in [0.717, 1.165) is 6.61 Å². The van der Waals surface area contributed by atoms with Gasteiger partial charge in [-0.05, 0) is 25.2 Å². The monoisotopic (exact) mass is 272 g/mol. The number of benzene rings is 1.